The average Bonchev–Trinajstić information content (AvgIpc) is 3.16. The third kappa shape index (κ3) is 3.36. The van der Waals surface area contributed by atoms with E-state index in [9.17, 15) is 18.4 Å². The number of carbonyl (C=O) groups excluding carboxylic acids is 2. The SMILES string of the molecule is CNC(=O)c1ccc2c(c1)-c1sc(C(=O)N(C)c3ccc(F)cc3F)cc1CO2. The van der Waals surface area contributed by atoms with Gasteiger partial charge in [0, 0.05) is 41.7 Å². The topological polar surface area (TPSA) is 58.6 Å². The summed E-state index contributed by atoms with van der Waals surface area (Å²) < 4.78 is 33.0. The smallest absolute Gasteiger partial charge is 0.268 e. The number of nitrogens with zero attached hydrogens (tertiary/aromatic N) is 1. The Morgan fingerprint density at radius 3 is 2.66 bits per heavy atom. The van der Waals surface area contributed by atoms with Crippen molar-refractivity contribution < 1.29 is 23.1 Å². The molecule has 0 spiro atoms. The second-order valence-corrected chi connectivity index (χ2v) is 7.56. The molecule has 0 radical (unpaired) electrons. The molecule has 1 aliphatic rings. The van der Waals surface area contributed by atoms with Gasteiger partial charge in [0.1, 0.15) is 24.0 Å². The van der Waals surface area contributed by atoms with E-state index in [1.165, 1.54) is 24.5 Å². The molecule has 2 amide bonds. The van der Waals surface area contributed by atoms with Crippen LogP contribution in [0.3, 0.4) is 0 Å². The fraction of sp³-hybridized carbons (Fsp3) is 0.143. The van der Waals surface area contributed by atoms with Gasteiger partial charge in [-0.05, 0) is 36.4 Å². The Labute approximate surface area is 169 Å². The van der Waals surface area contributed by atoms with Crippen molar-refractivity contribution in [2.24, 2.45) is 0 Å². The van der Waals surface area contributed by atoms with Crippen molar-refractivity contribution in [3.05, 3.63) is 70.1 Å². The van der Waals surface area contributed by atoms with E-state index in [2.05, 4.69) is 5.32 Å². The monoisotopic (exact) mass is 414 g/mol. The highest BCUT2D eigenvalue weighted by atomic mass is 32.1. The van der Waals surface area contributed by atoms with Crippen molar-refractivity contribution in [1.82, 2.24) is 5.32 Å². The van der Waals surface area contributed by atoms with Gasteiger partial charge in [-0.2, -0.15) is 0 Å². The number of hydrogen-bond donors (Lipinski definition) is 1. The van der Waals surface area contributed by atoms with E-state index in [1.807, 2.05) is 0 Å². The lowest BCUT2D eigenvalue weighted by Crippen LogP contribution is -2.26. The van der Waals surface area contributed by atoms with E-state index in [1.54, 1.807) is 31.3 Å². The summed E-state index contributed by atoms with van der Waals surface area (Å²) in [7, 11) is 2.99. The lowest BCUT2D eigenvalue weighted by molar-refractivity contribution is 0.0961. The minimum atomic E-state index is -0.814. The quantitative estimate of drug-likeness (QED) is 0.698. The molecule has 0 saturated heterocycles. The normalized spacial score (nSPS) is 11.9. The van der Waals surface area contributed by atoms with Crippen molar-refractivity contribution in [1.29, 1.82) is 0 Å². The molecule has 0 bridgehead atoms. The van der Waals surface area contributed by atoms with Crippen LogP contribution in [0.2, 0.25) is 0 Å². The molecule has 0 unspecified atom stereocenters. The highest BCUT2D eigenvalue weighted by Crippen LogP contribution is 2.43. The van der Waals surface area contributed by atoms with Crippen LogP contribution in [0.25, 0.3) is 10.4 Å². The van der Waals surface area contributed by atoms with Gasteiger partial charge in [0.05, 0.1) is 10.6 Å². The predicted octanol–water partition coefficient (Wildman–Crippen LogP) is 4.22. The summed E-state index contributed by atoms with van der Waals surface area (Å²) in [5.74, 6) is -1.53. The minimum absolute atomic E-state index is 0.0127. The molecule has 0 saturated carbocycles. The summed E-state index contributed by atoms with van der Waals surface area (Å²) in [6.07, 6.45) is 0. The molecule has 1 aliphatic heterocycles. The van der Waals surface area contributed by atoms with Crippen LogP contribution in [0, 0.1) is 11.6 Å². The largest absolute Gasteiger partial charge is 0.488 e. The molecule has 8 heteroatoms. The Morgan fingerprint density at radius 2 is 1.93 bits per heavy atom. The van der Waals surface area contributed by atoms with E-state index in [-0.39, 0.29) is 11.6 Å². The summed E-state index contributed by atoms with van der Waals surface area (Å²) in [6, 6.07) is 9.90. The van der Waals surface area contributed by atoms with Crippen LogP contribution in [0.15, 0.2) is 42.5 Å². The fourth-order valence-electron chi connectivity index (χ4n) is 3.17. The first-order chi connectivity index (χ1) is 13.9. The maximum Gasteiger partial charge on any atom is 0.268 e. The lowest BCUT2D eigenvalue weighted by Gasteiger charge is -2.18. The Balaban J connectivity index is 1.70. The molecule has 0 fully saturated rings. The second kappa shape index (κ2) is 7.29. The summed E-state index contributed by atoms with van der Waals surface area (Å²) >= 11 is 1.25. The van der Waals surface area contributed by atoms with Crippen molar-refractivity contribution >= 4 is 28.8 Å². The van der Waals surface area contributed by atoms with Gasteiger partial charge in [-0.1, -0.05) is 0 Å². The van der Waals surface area contributed by atoms with Gasteiger partial charge in [0.25, 0.3) is 11.8 Å². The van der Waals surface area contributed by atoms with Gasteiger partial charge in [-0.15, -0.1) is 11.3 Å². The average molecular weight is 414 g/mol. The van der Waals surface area contributed by atoms with Crippen LogP contribution in [0.4, 0.5) is 14.5 Å². The van der Waals surface area contributed by atoms with Crippen LogP contribution in [-0.4, -0.2) is 25.9 Å². The number of halogens is 2. The fourth-order valence-corrected chi connectivity index (χ4v) is 4.34. The van der Waals surface area contributed by atoms with Crippen LogP contribution in [0.1, 0.15) is 25.6 Å². The number of fused-ring (bicyclic) bond motifs is 3. The second-order valence-electron chi connectivity index (χ2n) is 6.50. The standard InChI is InChI=1S/C21H16F2N2O3S/c1-24-20(26)11-3-6-17-14(7-11)19-12(10-28-17)8-18(29-19)21(27)25(2)16-5-4-13(22)9-15(16)23/h3-9H,10H2,1-2H3,(H,24,26). The number of carbonyl (C=O) groups is 2. The van der Waals surface area contributed by atoms with Crippen molar-refractivity contribution in [2.45, 2.75) is 6.61 Å². The first kappa shape index (κ1) is 19.1. The maximum atomic E-state index is 14.1. The molecule has 5 nitrogen and oxygen atoms in total. The maximum absolute atomic E-state index is 14.1. The van der Waals surface area contributed by atoms with E-state index in [0.717, 1.165) is 33.0 Å². The van der Waals surface area contributed by atoms with Gasteiger partial charge in [0.15, 0.2) is 0 Å². The van der Waals surface area contributed by atoms with Crippen molar-refractivity contribution in [3.63, 3.8) is 0 Å². The first-order valence-corrected chi connectivity index (χ1v) is 9.56. The molecule has 148 valence electrons. The number of thiophene rings is 1. The van der Waals surface area contributed by atoms with Gasteiger partial charge < -0.3 is 15.0 Å². The lowest BCUT2D eigenvalue weighted by atomic mass is 10.0. The van der Waals surface area contributed by atoms with Crippen LogP contribution in [-0.2, 0) is 6.61 Å². The highest BCUT2D eigenvalue weighted by Gasteiger charge is 2.26. The molecule has 3 aromatic rings. The zero-order valence-electron chi connectivity index (χ0n) is 15.6. The minimum Gasteiger partial charge on any atom is -0.488 e. The number of hydrogen-bond acceptors (Lipinski definition) is 4. The predicted molar refractivity (Wildman–Crippen MR) is 107 cm³/mol. The molecule has 29 heavy (non-hydrogen) atoms. The number of amides is 2. The van der Waals surface area contributed by atoms with Gasteiger partial charge in [0.2, 0.25) is 0 Å². The summed E-state index contributed by atoms with van der Waals surface area (Å²) in [5, 5.41) is 2.58. The molecule has 0 atom stereocenters. The molecule has 4 rings (SSSR count). The van der Waals surface area contributed by atoms with Crippen molar-refractivity contribution in [3.8, 4) is 16.2 Å². The van der Waals surface area contributed by atoms with Gasteiger partial charge >= 0.3 is 0 Å². The molecular weight excluding hydrogens is 398 g/mol. The number of benzene rings is 2. The molecule has 1 aromatic heterocycles. The van der Waals surface area contributed by atoms with Crippen molar-refractivity contribution in [2.75, 3.05) is 19.0 Å². The summed E-state index contributed by atoms with van der Waals surface area (Å²) in [6.45, 7) is 0.292. The Morgan fingerprint density at radius 1 is 1.14 bits per heavy atom. The first-order valence-electron chi connectivity index (χ1n) is 8.74. The van der Waals surface area contributed by atoms with E-state index in [4.69, 9.17) is 4.74 Å². The third-order valence-electron chi connectivity index (χ3n) is 4.69. The molecule has 0 aliphatic carbocycles. The highest BCUT2D eigenvalue weighted by molar-refractivity contribution is 7.17. The summed E-state index contributed by atoms with van der Waals surface area (Å²) in [4.78, 5) is 27.2. The Kier molecular flexibility index (Phi) is 4.79. The number of rotatable bonds is 3. The van der Waals surface area contributed by atoms with Crippen LogP contribution < -0.4 is 15.0 Å². The third-order valence-corrected chi connectivity index (χ3v) is 5.89. The zero-order valence-corrected chi connectivity index (χ0v) is 16.4. The van der Waals surface area contributed by atoms with Gasteiger partial charge in [-0.3, -0.25) is 9.59 Å². The van der Waals surface area contributed by atoms with E-state index >= 15 is 0 Å². The molecule has 2 aromatic carbocycles. The van der Waals surface area contributed by atoms with Crippen LogP contribution in [0.5, 0.6) is 5.75 Å². The van der Waals surface area contributed by atoms with Crippen LogP contribution >= 0.6 is 11.3 Å². The molecule has 2 heterocycles. The van der Waals surface area contributed by atoms with Gasteiger partial charge in [-0.25, -0.2) is 8.78 Å². The Bertz CT molecular complexity index is 1140. The molecular formula is C21H16F2N2O3S. The zero-order chi connectivity index (χ0) is 20.7. The molecule has 1 N–H and O–H groups in total. The number of ether oxygens (including phenoxy) is 1. The van der Waals surface area contributed by atoms with E-state index in [0.29, 0.717) is 22.8 Å². The summed E-state index contributed by atoms with van der Waals surface area (Å²) in [5.41, 5.74) is 2.01. The number of nitrogens with one attached hydrogen (secondary N) is 1. The number of anilines is 1. The Hall–Kier alpha value is -3.26. The van der Waals surface area contributed by atoms with E-state index < -0.39 is 17.5 Å².